The Morgan fingerprint density at radius 3 is 2.75 bits per heavy atom. The summed E-state index contributed by atoms with van der Waals surface area (Å²) in [6.45, 7) is 2.04. The lowest BCUT2D eigenvalue weighted by Gasteiger charge is -2.23. The first-order valence-electron chi connectivity index (χ1n) is 5.32. The fourth-order valence-corrected chi connectivity index (χ4v) is 1.74. The van der Waals surface area contributed by atoms with Crippen LogP contribution in [0.4, 0.5) is 0 Å². The average molecular weight is 273 g/mol. The maximum absolute atomic E-state index is 11.0. The number of carbonyl (C=O) groups excluding carboxylic acids is 1. The lowest BCUT2D eigenvalue weighted by atomic mass is 10.0. The van der Waals surface area contributed by atoms with E-state index in [0.717, 1.165) is 19.5 Å². The summed E-state index contributed by atoms with van der Waals surface area (Å²) in [4.78, 5) is 11.0. The van der Waals surface area contributed by atoms with E-state index in [1.54, 1.807) is 0 Å². The molecule has 4 nitrogen and oxygen atoms in total. The SMILES string of the molecule is COCC(=O)NCCC1CCCCN1.Cl.Cl. The zero-order valence-corrected chi connectivity index (χ0v) is 11.3. The Labute approximate surface area is 110 Å². The minimum absolute atomic E-state index is 0. The van der Waals surface area contributed by atoms with Gasteiger partial charge in [-0.1, -0.05) is 6.42 Å². The van der Waals surface area contributed by atoms with E-state index >= 15 is 0 Å². The molecule has 6 heteroatoms. The number of hydrogen-bond acceptors (Lipinski definition) is 3. The van der Waals surface area contributed by atoms with Crippen LogP contribution in [0.15, 0.2) is 0 Å². The molecule has 0 aromatic carbocycles. The van der Waals surface area contributed by atoms with Crippen LogP contribution in [-0.4, -0.2) is 38.8 Å². The van der Waals surface area contributed by atoms with Gasteiger partial charge in [0.05, 0.1) is 0 Å². The van der Waals surface area contributed by atoms with Crippen LogP contribution in [-0.2, 0) is 9.53 Å². The van der Waals surface area contributed by atoms with E-state index in [2.05, 4.69) is 10.6 Å². The molecule has 1 unspecified atom stereocenters. The molecular formula is C10H22Cl2N2O2. The van der Waals surface area contributed by atoms with Crippen LogP contribution in [0, 0.1) is 0 Å². The van der Waals surface area contributed by atoms with E-state index < -0.39 is 0 Å². The summed E-state index contributed by atoms with van der Waals surface area (Å²) in [5.74, 6) is -0.0247. The van der Waals surface area contributed by atoms with Crippen LogP contribution in [0.5, 0.6) is 0 Å². The summed E-state index contributed by atoms with van der Waals surface area (Å²) >= 11 is 0. The summed E-state index contributed by atoms with van der Waals surface area (Å²) in [6, 6.07) is 0.589. The molecule has 1 rings (SSSR count). The van der Waals surface area contributed by atoms with Gasteiger partial charge in [-0.15, -0.1) is 24.8 Å². The first kappa shape index (κ1) is 18.3. The lowest BCUT2D eigenvalue weighted by Crippen LogP contribution is -2.38. The third-order valence-corrected chi connectivity index (χ3v) is 2.50. The number of amides is 1. The Morgan fingerprint density at radius 1 is 1.44 bits per heavy atom. The van der Waals surface area contributed by atoms with Crippen LogP contribution in [0.25, 0.3) is 0 Å². The van der Waals surface area contributed by atoms with Crippen molar-refractivity contribution >= 4 is 30.7 Å². The maximum Gasteiger partial charge on any atom is 0.245 e. The van der Waals surface area contributed by atoms with Gasteiger partial charge in [-0.05, 0) is 25.8 Å². The Morgan fingerprint density at radius 2 is 2.19 bits per heavy atom. The van der Waals surface area contributed by atoms with E-state index in [1.165, 1.54) is 26.4 Å². The molecule has 1 atom stereocenters. The van der Waals surface area contributed by atoms with Crippen molar-refractivity contribution in [2.75, 3.05) is 26.8 Å². The summed E-state index contributed by atoms with van der Waals surface area (Å²) in [7, 11) is 1.53. The molecule has 98 valence electrons. The third-order valence-electron chi connectivity index (χ3n) is 2.50. The van der Waals surface area contributed by atoms with Crippen molar-refractivity contribution in [1.29, 1.82) is 0 Å². The highest BCUT2D eigenvalue weighted by Crippen LogP contribution is 2.08. The van der Waals surface area contributed by atoms with Crippen LogP contribution < -0.4 is 10.6 Å². The second-order valence-electron chi connectivity index (χ2n) is 3.72. The van der Waals surface area contributed by atoms with Crippen molar-refractivity contribution in [3.05, 3.63) is 0 Å². The molecule has 1 aliphatic heterocycles. The fourth-order valence-electron chi connectivity index (χ4n) is 1.74. The topological polar surface area (TPSA) is 50.4 Å². The molecule has 0 bridgehead atoms. The van der Waals surface area contributed by atoms with Crippen molar-refractivity contribution < 1.29 is 9.53 Å². The third kappa shape index (κ3) is 8.16. The quantitative estimate of drug-likeness (QED) is 0.789. The molecule has 1 aliphatic rings. The van der Waals surface area contributed by atoms with Gasteiger partial charge in [0.25, 0.3) is 0 Å². The zero-order chi connectivity index (χ0) is 10.2. The molecule has 1 amide bonds. The molecule has 0 radical (unpaired) electrons. The summed E-state index contributed by atoms with van der Waals surface area (Å²) < 4.78 is 4.72. The first-order chi connectivity index (χ1) is 6.83. The van der Waals surface area contributed by atoms with Crippen LogP contribution in [0.3, 0.4) is 0 Å². The van der Waals surface area contributed by atoms with E-state index in [0.29, 0.717) is 6.04 Å². The predicted molar refractivity (Wildman–Crippen MR) is 69.6 cm³/mol. The van der Waals surface area contributed by atoms with E-state index in [1.807, 2.05) is 0 Å². The van der Waals surface area contributed by atoms with E-state index in [9.17, 15) is 4.79 Å². The van der Waals surface area contributed by atoms with Gasteiger partial charge in [0.2, 0.25) is 5.91 Å². The zero-order valence-electron chi connectivity index (χ0n) is 9.66. The molecule has 2 N–H and O–H groups in total. The van der Waals surface area contributed by atoms with Gasteiger partial charge in [0.1, 0.15) is 6.61 Å². The standard InChI is InChI=1S/C10H20N2O2.2ClH/c1-14-8-10(13)12-7-5-9-4-2-3-6-11-9;;/h9,11H,2-8H2,1H3,(H,12,13);2*1H. The highest BCUT2D eigenvalue weighted by atomic mass is 35.5. The largest absolute Gasteiger partial charge is 0.375 e. The molecule has 0 saturated carbocycles. The summed E-state index contributed by atoms with van der Waals surface area (Å²) in [5.41, 5.74) is 0. The number of hydrogen-bond donors (Lipinski definition) is 2. The second-order valence-corrected chi connectivity index (χ2v) is 3.72. The Hall–Kier alpha value is -0.0300. The predicted octanol–water partition coefficient (Wildman–Crippen LogP) is 1.12. The van der Waals surface area contributed by atoms with Crippen molar-refractivity contribution in [2.45, 2.75) is 31.7 Å². The van der Waals surface area contributed by atoms with Crippen LogP contribution >= 0.6 is 24.8 Å². The monoisotopic (exact) mass is 272 g/mol. The number of ether oxygens (including phenoxy) is 1. The molecule has 0 aromatic heterocycles. The minimum atomic E-state index is -0.0247. The molecule has 0 aliphatic carbocycles. The molecule has 0 aromatic rings. The van der Waals surface area contributed by atoms with Gasteiger partial charge in [0, 0.05) is 19.7 Å². The van der Waals surface area contributed by atoms with Gasteiger partial charge in [-0.25, -0.2) is 0 Å². The summed E-state index contributed by atoms with van der Waals surface area (Å²) in [5, 5.41) is 6.27. The van der Waals surface area contributed by atoms with Gasteiger partial charge in [-0.2, -0.15) is 0 Å². The average Bonchev–Trinajstić information content (AvgIpc) is 2.20. The smallest absolute Gasteiger partial charge is 0.245 e. The van der Waals surface area contributed by atoms with E-state index in [4.69, 9.17) is 4.74 Å². The Balaban J connectivity index is 0. The Kier molecular flexibility index (Phi) is 13.1. The number of nitrogens with one attached hydrogen (secondary N) is 2. The maximum atomic E-state index is 11.0. The van der Waals surface area contributed by atoms with Crippen LogP contribution in [0.1, 0.15) is 25.7 Å². The number of halogens is 2. The van der Waals surface area contributed by atoms with Crippen molar-refractivity contribution in [3.63, 3.8) is 0 Å². The molecule has 1 saturated heterocycles. The van der Waals surface area contributed by atoms with Gasteiger partial charge in [-0.3, -0.25) is 4.79 Å². The highest BCUT2D eigenvalue weighted by molar-refractivity contribution is 5.85. The number of rotatable bonds is 5. The molecular weight excluding hydrogens is 251 g/mol. The highest BCUT2D eigenvalue weighted by Gasteiger charge is 2.11. The normalized spacial score (nSPS) is 19.2. The Bertz CT molecular complexity index is 176. The summed E-state index contributed by atoms with van der Waals surface area (Å²) in [6.07, 6.45) is 4.85. The van der Waals surface area contributed by atoms with Crippen molar-refractivity contribution in [2.24, 2.45) is 0 Å². The van der Waals surface area contributed by atoms with Gasteiger partial charge < -0.3 is 15.4 Å². The van der Waals surface area contributed by atoms with Crippen molar-refractivity contribution in [3.8, 4) is 0 Å². The minimum Gasteiger partial charge on any atom is -0.375 e. The first-order valence-corrected chi connectivity index (χ1v) is 5.32. The van der Waals surface area contributed by atoms with Crippen molar-refractivity contribution in [1.82, 2.24) is 10.6 Å². The van der Waals surface area contributed by atoms with Gasteiger partial charge >= 0.3 is 0 Å². The van der Waals surface area contributed by atoms with Crippen LogP contribution in [0.2, 0.25) is 0 Å². The number of piperidine rings is 1. The second kappa shape index (κ2) is 11.5. The number of methoxy groups -OCH3 is 1. The lowest BCUT2D eigenvalue weighted by molar-refractivity contribution is -0.124. The molecule has 0 spiro atoms. The van der Waals surface area contributed by atoms with E-state index in [-0.39, 0.29) is 37.3 Å². The molecule has 1 heterocycles. The van der Waals surface area contributed by atoms with Gasteiger partial charge in [0.15, 0.2) is 0 Å². The fraction of sp³-hybridized carbons (Fsp3) is 0.900. The number of carbonyl (C=O) groups is 1. The molecule has 16 heavy (non-hydrogen) atoms. The molecule has 1 fully saturated rings.